The summed E-state index contributed by atoms with van der Waals surface area (Å²) in [6.07, 6.45) is 0. The van der Waals surface area contributed by atoms with Crippen LogP contribution in [0.5, 0.6) is 0 Å². The second kappa shape index (κ2) is 6.23. The van der Waals surface area contributed by atoms with E-state index in [1.54, 1.807) is 12.1 Å². The Balaban J connectivity index is 0. The molecule has 0 spiro atoms. The molecular weight excluding hydrogens is 161 g/mol. The predicted octanol–water partition coefficient (Wildman–Crippen LogP) is -1.45. The predicted molar refractivity (Wildman–Crippen MR) is 45.6 cm³/mol. The smallest absolute Gasteiger partial charge is 1.00 e. The molecule has 0 unspecified atom stereocenters. The zero-order valence-corrected chi connectivity index (χ0v) is 9.50. The molecule has 1 aromatic rings. The van der Waals surface area contributed by atoms with Crippen molar-refractivity contribution in [3.63, 3.8) is 0 Å². The van der Waals surface area contributed by atoms with E-state index in [0.29, 0.717) is 12.1 Å². The molecule has 0 saturated carbocycles. The van der Waals surface area contributed by atoms with Crippen LogP contribution in [-0.4, -0.2) is 12.5 Å². The summed E-state index contributed by atoms with van der Waals surface area (Å²) in [4.78, 5) is 11.1. The van der Waals surface area contributed by atoms with Gasteiger partial charge in [0.05, 0.1) is 0 Å². The van der Waals surface area contributed by atoms with Gasteiger partial charge in [0.2, 0.25) is 0 Å². The summed E-state index contributed by atoms with van der Waals surface area (Å²) in [5, 5.41) is 2.72. The first kappa shape index (κ1) is 11.7. The number of nitrogens with one attached hydrogen (secondary N) is 1. The molecule has 1 aromatic carbocycles. The number of carbonyl (C=O) groups excluding carboxylic acids is 1. The Morgan fingerprint density at radius 1 is 1.42 bits per heavy atom. The fraction of sp³-hybridized carbons (Fsp3) is 0.222. The molecule has 0 aliphatic carbocycles. The average molecular weight is 173 g/mol. The standard InChI is InChI=1S/C9H11NO.Na.H/c1-2-10-9(11)8-6-4-3-5-7-8;;/h3-7H,2H2,1H3,(H,10,11);;/q;+1;-1. The summed E-state index contributed by atoms with van der Waals surface area (Å²) in [6, 6.07) is 9.19. The van der Waals surface area contributed by atoms with Crippen molar-refractivity contribution in [3.05, 3.63) is 35.9 Å². The van der Waals surface area contributed by atoms with Gasteiger partial charge in [0.1, 0.15) is 0 Å². The Bertz CT molecular complexity index is 241. The van der Waals surface area contributed by atoms with Gasteiger partial charge in [-0.15, -0.1) is 0 Å². The molecule has 0 radical (unpaired) electrons. The molecule has 1 amide bonds. The molecule has 0 saturated heterocycles. The maximum atomic E-state index is 11.1. The van der Waals surface area contributed by atoms with E-state index in [-0.39, 0.29) is 36.9 Å². The van der Waals surface area contributed by atoms with Crippen molar-refractivity contribution in [2.45, 2.75) is 6.92 Å². The number of benzene rings is 1. The molecule has 0 aliphatic rings. The van der Waals surface area contributed by atoms with Gasteiger partial charge in [0.15, 0.2) is 0 Å². The van der Waals surface area contributed by atoms with Crippen LogP contribution in [0.1, 0.15) is 18.7 Å². The van der Waals surface area contributed by atoms with Gasteiger partial charge in [-0.3, -0.25) is 4.79 Å². The van der Waals surface area contributed by atoms with E-state index >= 15 is 0 Å². The molecular formula is C9H12NNaO. The Kier molecular flexibility index (Phi) is 6.07. The van der Waals surface area contributed by atoms with Crippen molar-refractivity contribution in [2.75, 3.05) is 6.54 Å². The van der Waals surface area contributed by atoms with Crippen LogP contribution in [0.4, 0.5) is 0 Å². The Morgan fingerprint density at radius 2 is 2.00 bits per heavy atom. The number of hydrogen-bond donors (Lipinski definition) is 1. The molecule has 0 atom stereocenters. The van der Waals surface area contributed by atoms with Crippen molar-refractivity contribution in [2.24, 2.45) is 0 Å². The van der Waals surface area contributed by atoms with Crippen LogP contribution >= 0.6 is 0 Å². The molecule has 1 N–H and O–H groups in total. The molecule has 0 bridgehead atoms. The number of amides is 1. The monoisotopic (exact) mass is 173 g/mol. The average Bonchev–Trinajstić information content (AvgIpc) is 2.07. The minimum absolute atomic E-state index is 0. The van der Waals surface area contributed by atoms with Gasteiger partial charge in [-0.1, -0.05) is 18.2 Å². The van der Waals surface area contributed by atoms with Gasteiger partial charge in [-0.05, 0) is 19.1 Å². The first-order valence-corrected chi connectivity index (χ1v) is 3.68. The van der Waals surface area contributed by atoms with E-state index in [1.165, 1.54) is 0 Å². The topological polar surface area (TPSA) is 29.1 Å². The molecule has 0 fully saturated rings. The third-order valence-electron chi connectivity index (χ3n) is 1.37. The van der Waals surface area contributed by atoms with Gasteiger partial charge in [0, 0.05) is 12.1 Å². The van der Waals surface area contributed by atoms with Gasteiger partial charge < -0.3 is 6.74 Å². The van der Waals surface area contributed by atoms with Crippen LogP contribution in [0, 0.1) is 0 Å². The van der Waals surface area contributed by atoms with E-state index in [1.807, 2.05) is 25.1 Å². The van der Waals surface area contributed by atoms with Gasteiger partial charge in [-0.25, -0.2) is 0 Å². The van der Waals surface area contributed by atoms with E-state index in [9.17, 15) is 4.79 Å². The van der Waals surface area contributed by atoms with Crippen LogP contribution in [-0.2, 0) is 0 Å². The summed E-state index contributed by atoms with van der Waals surface area (Å²) in [5.74, 6) is -0.00639. The summed E-state index contributed by atoms with van der Waals surface area (Å²) in [6.45, 7) is 2.58. The second-order valence-corrected chi connectivity index (χ2v) is 2.23. The van der Waals surface area contributed by atoms with Crippen LogP contribution in [0.2, 0.25) is 0 Å². The minimum atomic E-state index is -0.00639. The normalized spacial score (nSPS) is 8.42. The largest absolute Gasteiger partial charge is 1.00 e. The fourth-order valence-corrected chi connectivity index (χ4v) is 0.852. The Morgan fingerprint density at radius 3 is 2.50 bits per heavy atom. The van der Waals surface area contributed by atoms with Crippen LogP contribution in [0.15, 0.2) is 30.3 Å². The molecule has 12 heavy (non-hydrogen) atoms. The number of carbonyl (C=O) groups is 1. The minimum Gasteiger partial charge on any atom is -1.00 e. The van der Waals surface area contributed by atoms with E-state index in [0.717, 1.165) is 0 Å². The molecule has 0 aliphatic heterocycles. The van der Waals surface area contributed by atoms with Crippen molar-refractivity contribution < 1.29 is 35.8 Å². The Labute approximate surface area is 96.1 Å². The zero-order valence-electron chi connectivity index (χ0n) is 8.50. The fourth-order valence-electron chi connectivity index (χ4n) is 0.852. The first-order valence-electron chi connectivity index (χ1n) is 3.68. The third kappa shape index (κ3) is 3.39. The van der Waals surface area contributed by atoms with Crippen molar-refractivity contribution in [1.82, 2.24) is 5.32 Å². The quantitative estimate of drug-likeness (QED) is 0.545. The molecule has 3 heteroatoms. The van der Waals surface area contributed by atoms with E-state index in [2.05, 4.69) is 5.32 Å². The summed E-state index contributed by atoms with van der Waals surface area (Å²) >= 11 is 0. The first-order chi connectivity index (χ1) is 5.34. The number of rotatable bonds is 2. The summed E-state index contributed by atoms with van der Waals surface area (Å²) in [5.41, 5.74) is 0.717. The van der Waals surface area contributed by atoms with Crippen molar-refractivity contribution in [3.8, 4) is 0 Å². The molecule has 1 rings (SSSR count). The summed E-state index contributed by atoms with van der Waals surface area (Å²) in [7, 11) is 0. The maximum absolute atomic E-state index is 11.1. The molecule has 0 heterocycles. The van der Waals surface area contributed by atoms with Crippen LogP contribution in [0.25, 0.3) is 0 Å². The molecule has 60 valence electrons. The van der Waals surface area contributed by atoms with E-state index in [4.69, 9.17) is 0 Å². The van der Waals surface area contributed by atoms with Crippen molar-refractivity contribution >= 4 is 5.91 Å². The van der Waals surface area contributed by atoms with E-state index < -0.39 is 0 Å². The SMILES string of the molecule is CCNC(=O)c1ccccc1.[H-].[Na+]. The Hall–Kier alpha value is -0.310. The van der Waals surface area contributed by atoms with Crippen LogP contribution < -0.4 is 34.9 Å². The van der Waals surface area contributed by atoms with Gasteiger partial charge in [-0.2, -0.15) is 0 Å². The molecule has 2 nitrogen and oxygen atoms in total. The van der Waals surface area contributed by atoms with Gasteiger partial charge in [0.25, 0.3) is 5.91 Å². The summed E-state index contributed by atoms with van der Waals surface area (Å²) < 4.78 is 0. The zero-order chi connectivity index (χ0) is 8.10. The molecule has 0 aromatic heterocycles. The second-order valence-electron chi connectivity index (χ2n) is 2.23. The van der Waals surface area contributed by atoms with Crippen LogP contribution in [0.3, 0.4) is 0 Å². The number of hydrogen-bond acceptors (Lipinski definition) is 1. The van der Waals surface area contributed by atoms with Gasteiger partial charge >= 0.3 is 29.6 Å². The maximum Gasteiger partial charge on any atom is 1.00 e. The van der Waals surface area contributed by atoms with Crippen molar-refractivity contribution in [1.29, 1.82) is 0 Å². The third-order valence-corrected chi connectivity index (χ3v) is 1.37.